The van der Waals surface area contributed by atoms with E-state index in [-0.39, 0.29) is 0 Å². The van der Waals surface area contributed by atoms with Crippen LogP contribution in [0.15, 0.2) is 48.5 Å². The van der Waals surface area contributed by atoms with Crippen molar-refractivity contribution in [3.05, 3.63) is 65.2 Å². The smallest absolute Gasteiger partial charge is 0.119 e. The molecule has 0 atom stereocenters. The standard InChI is InChI=1S/C16H14O/c1-17-16-8-4-7-14(11-16)15-9-12-5-2-3-6-13(12)10-15/h2-9,11H,10H2,1H3. The first-order chi connectivity index (χ1) is 8.36. The third-order valence-corrected chi connectivity index (χ3v) is 3.21. The lowest BCUT2D eigenvalue weighted by Gasteiger charge is -2.05. The van der Waals surface area contributed by atoms with Gasteiger partial charge in [0.25, 0.3) is 0 Å². The largest absolute Gasteiger partial charge is 0.497 e. The van der Waals surface area contributed by atoms with E-state index in [0.717, 1.165) is 12.2 Å². The van der Waals surface area contributed by atoms with E-state index in [4.69, 9.17) is 4.74 Å². The van der Waals surface area contributed by atoms with E-state index in [1.165, 1.54) is 22.3 Å². The van der Waals surface area contributed by atoms with Crippen LogP contribution in [0.3, 0.4) is 0 Å². The quantitative estimate of drug-likeness (QED) is 0.751. The summed E-state index contributed by atoms with van der Waals surface area (Å²) in [7, 11) is 1.71. The molecule has 0 radical (unpaired) electrons. The van der Waals surface area contributed by atoms with Gasteiger partial charge in [-0.05, 0) is 40.8 Å². The zero-order chi connectivity index (χ0) is 11.7. The fourth-order valence-electron chi connectivity index (χ4n) is 2.29. The lowest BCUT2D eigenvalue weighted by molar-refractivity contribution is 0.414. The number of benzene rings is 2. The van der Waals surface area contributed by atoms with Crippen LogP contribution >= 0.6 is 0 Å². The van der Waals surface area contributed by atoms with Gasteiger partial charge in [0.1, 0.15) is 5.75 Å². The molecule has 1 nitrogen and oxygen atoms in total. The number of methoxy groups -OCH3 is 1. The Balaban J connectivity index is 1.98. The molecule has 3 rings (SSSR count). The molecular formula is C16H14O. The van der Waals surface area contributed by atoms with Gasteiger partial charge in [-0.1, -0.05) is 42.5 Å². The fraction of sp³-hybridized carbons (Fsp3) is 0.125. The maximum absolute atomic E-state index is 5.26. The van der Waals surface area contributed by atoms with Gasteiger partial charge in [0, 0.05) is 0 Å². The van der Waals surface area contributed by atoms with Gasteiger partial charge in [-0.3, -0.25) is 0 Å². The van der Waals surface area contributed by atoms with Crippen molar-refractivity contribution in [1.82, 2.24) is 0 Å². The molecule has 2 aromatic carbocycles. The second kappa shape index (κ2) is 4.10. The van der Waals surface area contributed by atoms with Gasteiger partial charge < -0.3 is 4.74 Å². The van der Waals surface area contributed by atoms with Crippen LogP contribution in [0, 0.1) is 0 Å². The molecule has 0 bridgehead atoms. The first-order valence-corrected chi connectivity index (χ1v) is 5.80. The summed E-state index contributed by atoms with van der Waals surface area (Å²) in [6.45, 7) is 0. The van der Waals surface area contributed by atoms with Gasteiger partial charge in [-0.25, -0.2) is 0 Å². The molecule has 1 aliphatic rings. The second-order valence-electron chi connectivity index (χ2n) is 4.28. The second-order valence-corrected chi connectivity index (χ2v) is 4.28. The van der Waals surface area contributed by atoms with E-state index in [2.05, 4.69) is 42.5 Å². The summed E-state index contributed by atoms with van der Waals surface area (Å²) in [5, 5.41) is 0. The highest BCUT2D eigenvalue weighted by atomic mass is 16.5. The summed E-state index contributed by atoms with van der Waals surface area (Å²) < 4.78 is 5.26. The fourth-order valence-corrected chi connectivity index (χ4v) is 2.29. The number of ether oxygens (including phenoxy) is 1. The summed E-state index contributed by atoms with van der Waals surface area (Å²) in [5.74, 6) is 0.916. The molecule has 0 heterocycles. The van der Waals surface area contributed by atoms with Crippen LogP contribution in [0.2, 0.25) is 0 Å². The monoisotopic (exact) mass is 222 g/mol. The van der Waals surface area contributed by atoms with Crippen molar-refractivity contribution in [3.63, 3.8) is 0 Å². The number of hydrogen-bond acceptors (Lipinski definition) is 1. The lowest BCUT2D eigenvalue weighted by Crippen LogP contribution is -1.87. The highest BCUT2D eigenvalue weighted by Gasteiger charge is 2.13. The summed E-state index contributed by atoms with van der Waals surface area (Å²) >= 11 is 0. The number of fused-ring (bicyclic) bond motifs is 1. The Morgan fingerprint density at radius 1 is 1.00 bits per heavy atom. The van der Waals surface area contributed by atoms with E-state index >= 15 is 0 Å². The van der Waals surface area contributed by atoms with Crippen molar-refractivity contribution in [1.29, 1.82) is 0 Å². The van der Waals surface area contributed by atoms with Crippen molar-refractivity contribution in [3.8, 4) is 5.75 Å². The number of rotatable bonds is 2. The van der Waals surface area contributed by atoms with Crippen LogP contribution in [-0.2, 0) is 6.42 Å². The SMILES string of the molecule is COc1cccc(C2=Cc3ccccc3C2)c1. The molecule has 0 amide bonds. The van der Waals surface area contributed by atoms with E-state index in [1.54, 1.807) is 7.11 Å². The maximum Gasteiger partial charge on any atom is 0.119 e. The minimum absolute atomic E-state index is 0.916. The van der Waals surface area contributed by atoms with E-state index < -0.39 is 0 Å². The molecule has 1 aliphatic carbocycles. The molecule has 17 heavy (non-hydrogen) atoms. The molecule has 0 saturated heterocycles. The maximum atomic E-state index is 5.26. The Labute approximate surface area is 101 Å². The van der Waals surface area contributed by atoms with Crippen LogP contribution in [0.5, 0.6) is 5.75 Å². The van der Waals surface area contributed by atoms with Gasteiger partial charge in [-0.15, -0.1) is 0 Å². The molecule has 0 unspecified atom stereocenters. The molecule has 0 fully saturated rings. The van der Waals surface area contributed by atoms with Crippen molar-refractivity contribution in [2.45, 2.75) is 6.42 Å². The molecule has 0 saturated carbocycles. The van der Waals surface area contributed by atoms with Gasteiger partial charge >= 0.3 is 0 Å². The normalized spacial score (nSPS) is 13.1. The Bertz CT molecular complexity index is 582. The minimum Gasteiger partial charge on any atom is -0.497 e. The third kappa shape index (κ3) is 1.84. The van der Waals surface area contributed by atoms with Gasteiger partial charge in [-0.2, -0.15) is 0 Å². The first-order valence-electron chi connectivity index (χ1n) is 5.80. The highest BCUT2D eigenvalue weighted by molar-refractivity contribution is 5.88. The zero-order valence-electron chi connectivity index (χ0n) is 9.81. The molecule has 1 heteroatoms. The lowest BCUT2D eigenvalue weighted by atomic mass is 10.0. The van der Waals surface area contributed by atoms with Crippen LogP contribution < -0.4 is 4.74 Å². The number of allylic oxidation sites excluding steroid dienone is 1. The van der Waals surface area contributed by atoms with Crippen LogP contribution in [0.4, 0.5) is 0 Å². The van der Waals surface area contributed by atoms with Gasteiger partial charge in [0.05, 0.1) is 7.11 Å². The molecular weight excluding hydrogens is 208 g/mol. The molecule has 2 aromatic rings. The topological polar surface area (TPSA) is 9.23 Å². The highest BCUT2D eigenvalue weighted by Crippen LogP contribution is 2.32. The predicted molar refractivity (Wildman–Crippen MR) is 71.0 cm³/mol. The van der Waals surface area contributed by atoms with Crippen LogP contribution in [-0.4, -0.2) is 7.11 Å². The van der Waals surface area contributed by atoms with E-state index in [1.807, 2.05) is 12.1 Å². The van der Waals surface area contributed by atoms with Crippen molar-refractivity contribution in [2.75, 3.05) is 7.11 Å². The summed E-state index contributed by atoms with van der Waals surface area (Å²) in [4.78, 5) is 0. The number of hydrogen-bond donors (Lipinski definition) is 0. The molecule has 0 N–H and O–H groups in total. The summed E-state index contributed by atoms with van der Waals surface area (Å²) in [6.07, 6.45) is 3.29. The average molecular weight is 222 g/mol. The predicted octanol–water partition coefficient (Wildman–Crippen LogP) is 3.79. The first kappa shape index (κ1) is 10.2. The van der Waals surface area contributed by atoms with E-state index in [9.17, 15) is 0 Å². The third-order valence-electron chi connectivity index (χ3n) is 3.21. The van der Waals surface area contributed by atoms with E-state index in [0.29, 0.717) is 0 Å². The van der Waals surface area contributed by atoms with Crippen molar-refractivity contribution >= 4 is 11.6 Å². The van der Waals surface area contributed by atoms with Crippen LogP contribution in [0.1, 0.15) is 16.7 Å². The van der Waals surface area contributed by atoms with Gasteiger partial charge in [0.15, 0.2) is 0 Å². The van der Waals surface area contributed by atoms with Crippen molar-refractivity contribution in [2.24, 2.45) is 0 Å². The van der Waals surface area contributed by atoms with Crippen LogP contribution in [0.25, 0.3) is 11.6 Å². The van der Waals surface area contributed by atoms with Gasteiger partial charge in [0.2, 0.25) is 0 Å². The molecule has 0 aromatic heterocycles. The zero-order valence-corrected chi connectivity index (χ0v) is 9.81. The molecule has 84 valence electrons. The molecule has 0 aliphatic heterocycles. The summed E-state index contributed by atoms with van der Waals surface area (Å²) in [6, 6.07) is 16.8. The Kier molecular flexibility index (Phi) is 2.45. The Morgan fingerprint density at radius 2 is 1.88 bits per heavy atom. The minimum atomic E-state index is 0.916. The molecule has 0 spiro atoms. The Hall–Kier alpha value is -2.02. The average Bonchev–Trinajstić information content (AvgIpc) is 2.82. The van der Waals surface area contributed by atoms with Crippen molar-refractivity contribution < 1.29 is 4.74 Å². The summed E-state index contributed by atoms with van der Waals surface area (Å²) in [5.41, 5.74) is 5.36. The Morgan fingerprint density at radius 3 is 2.71 bits per heavy atom.